The van der Waals surface area contributed by atoms with E-state index < -0.39 is 10.8 Å². The number of aryl methyl sites for hydroxylation is 1. The van der Waals surface area contributed by atoms with Crippen molar-refractivity contribution in [2.75, 3.05) is 10.6 Å². The molecule has 1 amide bonds. The molecule has 136 valence electrons. The Balaban J connectivity index is 1.83. The fourth-order valence-corrected chi connectivity index (χ4v) is 2.67. The standard InChI is InChI=1S/C20H16ClN3O3/c1-13-6-9-15(10-7-13)22-17-4-2-3-5-18(17)23-20(25)14-8-11-16(21)19(12-14)24(26)27/h2-12,22H,1H3,(H,23,25). The van der Waals surface area contributed by atoms with Crippen LogP contribution in [0.2, 0.25) is 5.02 Å². The Kier molecular flexibility index (Phi) is 5.38. The molecule has 0 fully saturated rings. The molecule has 0 aliphatic rings. The highest BCUT2D eigenvalue weighted by Gasteiger charge is 2.17. The average Bonchev–Trinajstić information content (AvgIpc) is 2.65. The van der Waals surface area contributed by atoms with Crippen LogP contribution in [0.25, 0.3) is 0 Å². The van der Waals surface area contributed by atoms with E-state index in [2.05, 4.69) is 10.6 Å². The van der Waals surface area contributed by atoms with Gasteiger partial charge in [0.25, 0.3) is 11.6 Å². The summed E-state index contributed by atoms with van der Waals surface area (Å²) in [5.41, 5.74) is 3.13. The molecule has 0 aliphatic heterocycles. The van der Waals surface area contributed by atoms with Gasteiger partial charge in [-0.15, -0.1) is 0 Å². The van der Waals surface area contributed by atoms with E-state index in [1.165, 1.54) is 12.1 Å². The van der Waals surface area contributed by atoms with E-state index in [0.717, 1.165) is 17.3 Å². The Hall–Kier alpha value is -3.38. The van der Waals surface area contributed by atoms with Crippen molar-refractivity contribution in [3.63, 3.8) is 0 Å². The predicted molar refractivity (Wildman–Crippen MR) is 107 cm³/mol. The molecular formula is C20H16ClN3O3. The maximum Gasteiger partial charge on any atom is 0.288 e. The number of halogens is 1. The van der Waals surface area contributed by atoms with E-state index in [-0.39, 0.29) is 16.3 Å². The minimum absolute atomic E-state index is 0.0158. The Labute approximate surface area is 160 Å². The van der Waals surface area contributed by atoms with Crippen LogP contribution in [0.1, 0.15) is 15.9 Å². The van der Waals surface area contributed by atoms with Crippen LogP contribution in [0.5, 0.6) is 0 Å². The van der Waals surface area contributed by atoms with Crippen LogP contribution in [0.4, 0.5) is 22.7 Å². The summed E-state index contributed by atoms with van der Waals surface area (Å²) in [5.74, 6) is -0.465. The number of hydrogen-bond donors (Lipinski definition) is 2. The summed E-state index contributed by atoms with van der Waals surface area (Å²) < 4.78 is 0. The van der Waals surface area contributed by atoms with Gasteiger partial charge in [-0.25, -0.2) is 0 Å². The monoisotopic (exact) mass is 381 g/mol. The van der Waals surface area contributed by atoms with E-state index in [4.69, 9.17) is 11.6 Å². The first-order chi connectivity index (χ1) is 12.9. The zero-order valence-corrected chi connectivity index (χ0v) is 15.2. The number of nitro benzene ring substituents is 1. The van der Waals surface area contributed by atoms with E-state index in [0.29, 0.717) is 11.4 Å². The minimum Gasteiger partial charge on any atom is -0.354 e. The maximum absolute atomic E-state index is 12.5. The van der Waals surface area contributed by atoms with E-state index in [9.17, 15) is 14.9 Å². The SMILES string of the molecule is Cc1ccc(Nc2ccccc2NC(=O)c2ccc(Cl)c([N+](=O)[O-])c2)cc1. The Morgan fingerprint density at radius 1 is 1.00 bits per heavy atom. The molecular weight excluding hydrogens is 366 g/mol. The van der Waals surface area contributed by atoms with Gasteiger partial charge in [-0.05, 0) is 43.3 Å². The summed E-state index contributed by atoms with van der Waals surface area (Å²) in [6, 6.07) is 19.0. The average molecular weight is 382 g/mol. The fourth-order valence-electron chi connectivity index (χ4n) is 2.48. The van der Waals surface area contributed by atoms with Crippen LogP contribution in [0.15, 0.2) is 66.7 Å². The van der Waals surface area contributed by atoms with Crippen molar-refractivity contribution in [3.05, 3.63) is 93.0 Å². The first kappa shape index (κ1) is 18.4. The summed E-state index contributed by atoms with van der Waals surface area (Å²) in [6.07, 6.45) is 0. The molecule has 0 aromatic heterocycles. The van der Waals surface area contributed by atoms with Crippen molar-refractivity contribution in [2.24, 2.45) is 0 Å². The number of hydrogen-bond acceptors (Lipinski definition) is 4. The number of amides is 1. The molecule has 3 aromatic rings. The zero-order chi connectivity index (χ0) is 19.4. The molecule has 6 nitrogen and oxygen atoms in total. The van der Waals surface area contributed by atoms with E-state index >= 15 is 0 Å². The van der Waals surface area contributed by atoms with Crippen molar-refractivity contribution >= 4 is 40.3 Å². The Morgan fingerprint density at radius 3 is 2.33 bits per heavy atom. The molecule has 0 saturated heterocycles. The summed E-state index contributed by atoms with van der Waals surface area (Å²) >= 11 is 5.80. The van der Waals surface area contributed by atoms with Crippen LogP contribution in [-0.2, 0) is 0 Å². The maximum atomic E-state index is 12.5. The molecule has 3 rings (SSSR count). The van der Waals surface area contributed by atoms with E-state index in [1.807, 2.05) is 43.3 Å². The third kappa shape index (κ3) is 4.43. The van der Waals surface area contributed by atoms with Gasteiger partial charge in [0.1, 0.15) is 5.02 Å². The van der Waals surface area contributed by atoms with Gasteiger partial charge in [-0.1, -0.05) is 41.4 Å². The highest BCUT2D eigenvalue weighted by molar-refractivity contribution is 6.32. The van der Waals surface area contributed by atoms with Gasteiger partial charge in [0.15, 0.2) is 0 Å². The number of nitrogens with one attached hydrogen (secondary N) is 2. The third-order valence-electron chi connectivity index (χ3n) is 3.91. The second kappa shape index (κ2) is 7.88. The van der Waals surface area contributed by atoms with Gasteiger partial charge in [0.2, 0.25) is 0 Å². The number of anilines is 3. The van der Waals surface area contributed by atoms with Crippen molar-refractivity contribution < 1.29 is 9.72 Å². The van der Waals surface area contributed by atoms with Crippen molar-refractivity contribution in [1.82, 2.24) is 0 Å². The first-order valence-electron chi connectivity index (χ1n) is 8.12. The number of benzene rings is 3. The molecule has 0 unspecified atom stereocenters. The quantitative estimate of drug-likeness (QED) is 0.448. The van der Waals surface area contributed by atoms with Crippen LogP contribution in [0, 0.1) is 17.0 Å². The van der Waals surface area contributed by atoms with Crippen molar-refractivity contribution in [2.45, 2.75) is 6.92 Å². The molecule has 0 heterocycles. The molecule has 7 heteroatoms. The second-order valence-electron chi connectivity index (χ2n) is 5.91. The topological polar surface area (TPSA) is 84.3 Å². The summed E-state index contributed by atoms with van der Waals surface area (Å²) in [5, 5.41) is 17.0. The van der Waals surface area contributed by atoms with Gasteiger partial charge in [0.05, 0.1) is 16.3 Å². The number of nitrogens with zero attached hydrogens (tertiary/aromatic N) is 1. The number of carbonyl (C=O) groups excluding carboxylic acids is 1. The lowest BCUT2D eigenvalue weighted by Crippen LogP contribution is -2.13. The van der Waals surface area contributed by atoms with Crippen LogP contribution in [0.3, 0.4) is 0 Å². The van der Waals surface area contributed by atoms with Crippen LogP contribution < -0.4 is 10.6 Å². The fraction of sp³-hybridized carbons (Fsp3) is 0.0500. The highest BCUT2D eigenvalue weighted by Crippen LogP contribution is 2.28. The largest absolute Gasteiger partial charge is 0.354 e. The molecule has 2 N–H and O–H groups in total. The van der Waals surface area contributed by atoms with Crippen LogP contribution >= 0.6 is 11.6 Å². The lowest BCUT2D eigenvalue weighted by atomic mass is 10.1. The normalized spacial score (nSPS) is 10.3. The van der Waals surface area contributed by atoms with Gasteiger partial charge in [-0.2, -0.15) is 0 Å². The summed E-state index contributed by atoms with van der Waals surface area (Å²) in [6.45, 7) is 2.00. The van der Waals surface area contributed by atoms with Gasteiger partial charge >= 0.3 is 0 Å². The molecule has 0 bridgehead atoms. The van der Waals surface area contributed by atoms with Crippen molar-refractivity contribution in [3.8, 4) is 0 Å². The molecule has 0 spiro atoms. The van der Waals surface area contributed by atoms with Crippen LogP contribution in [-0.4, -0.2) is 10.8 Å². The molecule has 0 aliphatic carbocycles. The van der Waals surface area contributed by atoms with E-state index in [1.54, 1.807) is 12.1 Å². The Morgan fingerprint density at radius 2 is 1.67 bits per heavy atom. The lowest BCUT2D eigenvalue weighted by molar-refractivity contribution is -0.384. The zero-order valence-electron chi connectivity index (χ0n) is 14.4. The molecule has 27 heavy (non-hydrogen) atoms. The van der Waals surface area contributed by atoms with Gasteiger partial charge in [-0.3, -0.25) is 14.9 Å². The molecule has 0 saturated carbocycles. The van der Waals surface area contributed by atoms with Crippen molar-refractivity contribution in [1.29, 1.82) is 0 Å². The highest BCUT2D eigenvalue weighted by atomic mass is 35.5. The second-order valence-corrected chi connectivity index (χ2v) is 6.32. The summed E-state index contributed by atoms with van der Waals surface area (Å²) in [4.78, 5) is 22.9. The first-order valence-corrected chi connectivity index (χ1v) is 8.50. The molecule has 3 aromatic carbocycles. The third-order valence-corrected chi connectivity index (χ3v) is 4.23. The lowest BCUT2D eigenvalue weighted by Gasteiger charge is -2.13. The minimum atomic E-state index is -0.619. The number of carbonyl (C=O) groups is 1. The number of para-hydroxylation sites is 2. The Bertz CT molecular complexity index is 1000. The van der Waals surface area contributed by atoms with Gasteiger partial charge in [0, 0.05) is 17.3 Å². The predicted octanol–water partition coefficient (Wildman–Crippen LogP) is 5.55. The molecule has 0 radical (unpaired) electrons. The number of rotatable bonds is 5. The summed E-state index contributed by atoms with van der Waals surface area (Å²) in [7, 11) is 0. The van der Waals surface area contributed by atoms with Gasteiger partial charge < -0.3 is 10.6 Å². The number of nitro groups is 1. The smallest absolute Gasteiger partial charge is 0.288 e. The molecule has 0 atom stereocenters.